The van der Waals surface area contributed by atoms with Gasteiger partial charge in [0.05, 0.1) is 0 Å². The van der Waals surface area contributed by atoms with Crippen LogP contribution in [0.25, 0.3) is 0 Å². The molecule has 14 heavy (non-hydrogen) atoms. The Morgan fingerprint density at radius 3 is 1.21 bits per heavy atom. The SMILES string of the molecule is CC(C)COCC(C)C.CC(C)[CH2][AlH2]. The summed E-state index contributed by atoms with van der Waals surface area (Å²) in [4.78, 5) is 0. The van der Waals surface area contributed by atoms with Crippen LogP contribution < -0.4 is 0 Å². The molecule has 2 heteroatoms. The van der Waals surface area contributed by atoms with Crippen molar-refractivity contribution in [1.82, 2.24) is 0 Å². The predicted octanol–water partition coefficient (Wildman–Crippen LogP) is 3.01. The molecule has 0 atom stereocenters. The minimum absolute atomic E-state index is 0.670. The van der Waals surface area contributed by atoms with Gasteiger partial charge in [-0.25, -0.2) is 0 Å². The second-order valence-corrected chi connectivity index (χ2v) is 5.94. The first-order chi connectivity index (χ1) is 6.40. The van der Waals surface area contributed by atoms with Gasteiger partial charge in [0, 0.05) is 13.2 Å². The second-order valence-electron chi connectivity index (χ2n) is 5.13. The second kappa shape index (κ2) is 11.6. The van der Waals surface area contributed by atoms with Crippen molar-refractivity contribution in [1.29, 1.82) is 0 Å². The summed E-state index contributed by atoms with van der Waals surface area (Å²) >= 11 is 1.37. The smallest absolute Gasteiger partial charge is 0.212 e. The lowest BCUT2D eigenvalue weighted by Gasteiger charge is -2.07. The van der Waals surface area contributed by atoms with Crippen LogP contribution in [0.5, 0.6) is 0 Å². The summed E-state index contributed by atoms with van der Waals surface area (Å²) in [6.07, 6.45) is 0. The van der Waals surface area contributed by atoms with Crippen LogP contribution in [0.2, 0.25) is 5.28 Å². The highest BCUT2D eigenvalue weighted by Gasteiger charge is 1.95. The number of ether oxygens (including phenoxy) is 1. The highest BCUT2D eigenvalue weighted by Crippen LogP contribution is 1.96. The van der Waals surface area contributed by atoms with E-state index in [-0.39, 0.29) is 0 Å². The van der Waals surface area contributed by atoms with Crippen LogP contribution in [0, 0.1) is 17.8 Å². The fraction of sp³-hybridized carbons (Fsp3) is 1.00. The van der Waals surface area contributed by atoms with E-state index in [2.05, 4.69) is 41.5 Å². The van der Waals surface area contributed by atoms with Gasteiger partial charge < -0.3 is 4.74 Å². The van der Waals surface area contributed by atoms with Crippen LogP contribution in [-0.2, 0) is 4.74 Å². The number of rotatable bonds is 5. The number of hydrogen-bond donors (Lipinski definition) is 0. The van der Waals surface area contributed by atoms with Crippen LogP contribution in [0.4, 0.5) is 0 Å². The minimum Gasteiger partial charge on any atom is -0.381 e. The molecule has 0 unspecified atom stereocenters. The van der Waals surface area contributed by atoms with E-state index in [0.717, 1.165) is 19.1 Å². The molecule has 0 saturated carbocycles. The third-order valence-electron chi connectivity index (χ3n) is 1.72. The quantitative estimate of drug-likeness (QED) is 0.642. The van der Waals surface area contributed by atoms with E-state index in [0.29, 0.717) is 11.8 Å². The maximum absolute atomic E-state index is 5.36. The standard InChI is InChI=1S/C8H18O.C4H9.Al.2H/c1-7(2)5-9-6-8(3)4;1-4(2)3;;;/h7-8H,5-6H2,1-4H3;4H,1H2,2-3H3;;;. The van der Waals surface area contributed by atoms with Gasteiger partial charge in [-0.05, 0) is 11.8 Å². The van der Waals surface area contributed by atoms with Gasteiger partial charge in [-0.15, -0.1) is 0 Å². The summed E-state index contributed by atoms with van der Waals surface area (Å²) in [5.41, 5.74) is 0. The molecular weight excluding hydrogens is 187 g/mol. The highest BCUT2D eigenvalue weighted by atomic mass is 27.0. The fourth-order valence-corrected chi connectivity index (χ4v) is 0.539. The molecule has 0 heterocycles. The predicted molar refractivity (Wildman–Crippen MR) is 68.7 cm³/mol. The van der Waals surface area contributed by atoms with Crippen molar-refractivity contribution >= 4 is 16.3 Å². The Labute approximate surface area is 99.0 Å². The molecule has 86 valence electrons. The van der Waals surface area contributed by atoms with Crippen LogP contribution in [0.3, 0.4) is 0 Å². The summed E-state index contributed by atoms with van der Waals surface area (Å²) in [7, 11) is 0. The molecule has 0 aromatic carbocycles. The van der Waals surface area contributed by atoms with Gasteiger partial charge in [-0.1, -0.05) is 52.7 Å². The van der Waals surface area contributed by atoms with Crippen LogP contribution in [0.1, 0.15) is 41.5 Å². The van der Waals surface area contributed by atoms with E-state index >= 15 is 0 Å². The first-order valence-corrected chi connectivity index (χ1v) is 7.39. The van der Waals surface area contributed by atoms with Gasteiger partial charge >= 0.3 is 0 Å². The van der Waals surface area contributed by atoms with Crippen molar-refractivity contribution in [3.05, 3.63) is 0 Å². The van der Waals surface area contributed by atoms with Crippen molar-refractivity contribution in [3.8, 4) is 0 Å². The van der Waals surface area contributed by atoms with Crippen LogP contribution in [-0.4, -0.2) is 29.5 Å². The molecule has 0 aliphatic carbocycles. The van der Waals surface area contributed by atoms with Gasteiger partial charge in [-0.2, -0.15) is 0 Å². The third kappa shape index (κ3) is 22.9. The van der Waals surface area contributed by atoms with Crippen LogP contribution in [0.15, 0.2) is 0 Å². The molecule has 0 rings (SSSR count). The van der Waals surface area contributed by atoms with E-state index in [1.807, 2.05) is 0 Å². The van der Waals surface area contributed by atoms with Crippen molar-refractivity contribution in [2.24, 2.45) is 17.8 Å². The van der Waals surface area contributed by atoms with E-state index < -0.39 is 0 Å². The maximum Gasteiger partial charge on any atom is 0.212 e. The zero-order valence-corrected chi connectivity index (χ0v) is 13.3. The maximum atomic E-state index is 5.36. The van der Waals surface area contributed by atoms with E-state index in [1.54, 1.807) is 0 Å². The molecule has 0 saturated heterocycles. The molecule has 0 aromatic rings. The fourth-order valence-electron chi connectivity index (χ4n) is 0.539. The van der Waals surface area contributed by atoms with E-state index in [4.69, 9.17) is 4.74 Å². The molecule has 0 aliphatic heterocycles. The molecule has 0 bridgehead atoms. The largest absolute Gasteiger partial charge is 0.381 e. The zero-order valence-electron chi connectivity index (χ0n) is 11.3. The number of hydrogen-bond acceptors (Lipinski definition) is 1. The van der Waals surface area contributed by atoms with E-state index in [1.165, 1.54) is 21.6 Å². The lowest BCUT2D eigenvalue weighted by molar-refractivity contribution is 0.0886. The lowest BCUT2D eigenvalue weighted by Crippen LogP contribution is -2.06. The molecule has 0 fully saturated rings. The average Bonchev–Trinajstić information content (AvgIpc) is 2.04. The first kappa shape index (κ1) is 16.9. The molecule has 0 amide bonds. The summed E-state index contributed by atoms with van der Waals surface area (Å²) in [6, 6.07) is 0. The molecule has 0 spiro atoms. The topological polar surface area (TPSA) is 9.23 Å². The Balaban J connectivity index is 0. The zero-order chi connectivity index (χ0) is 11.6. The van der Waals surface area contributed by atoms with Gasteiger partial charge in [0.25, 0.3) is 0 Å². The van der Waals surface area contributed by atoms with E-state index in [9.17, 15) is 0 Å². The van der Waals surface area contributed by atoms with Crippen molar-refractivity contribution < 1.29 is 4.74 Å². The highest BCUT2D eigenvalue weighted by molar-refractivity contribution is 6.08. The van der Waals surface area contributed by atoms with Crippen molar-refractivity contribution in [2.45, 2.75) is 46.8 Å². The Hall–Kier alpha value is 0.492. The lowest BCUT2D eigenvalue weighted by atomic mass is 10.2. The molecule has 0 N–H and O–H groups in total. The summed E-state index contributed by atoms with van der Waals surface area (Å²) in [5.74, 6) is 2.29. The van der Waals surface area contributed by atoms with Gasteiger partial charge in [0.1, 0.15) is 0 Å². The molecule has 0 aliphatic rings. The first-order valence-electron chi connectivity index (χ1n) is 5.97. The van der Waals surface area contributed by atoms with Gasteiger partial charge in [0.2, 0.25) is 16.3 Å². The monoisotopic (exact) mass is 216 g/mol. The normalized spacial score (nSPS) is 10.6. The Bertz CT molecular complexity index is 92.5. The average molecular weight is 216 g/mol. The Morgan fingerprint density at radius 1 is 0.786 bits per heavy atom. The van der Waals surface area contributed by atoms with Crippen molar-refractivity contribution in [3.63, 3.8) is 0 Å². The van der Waals surface area contributed by atoms with Gasteiger partial charge in [0.15, 0.2) is 0 Å². The van der Waals surface area contributed by atoms with Crippen LogP contribution >= 0.6 is 0 Å². The summed E-state index contributed by atoms with van der Waals surface area (Å²) in [5, 5.41) is 1.44. The summed E-state index contributed by atoms with van der Waals surface area (Å²) < 4.78 is 5.36. The Morgan fingerprint density at radius 2 is 1.07 bits per heavy atom. The summed E-state index contributed by atoms with van der Waals surface area (Å²) in [6.45, 7) is 15.0. The molecule has 1 nitrogen and oxygen atoms in total. The molecular formula is C12H29AlO. The molecule has 0 aromatic heterocycles. The van der Waals surface area contributed by atoms with Gasteiger partial charge in [-0.3, -0.25) is 0 Å². The minimum atomic E-state index is 0.670. The molecule has 0 radical (unpaired) electrons. The third-order valence-corrected chi connectivity index (χ3v) is 3.35. The van der Waals surface area contributed by atoms with Crippen molar-refractivity contribution in [2.75, 3.05) is 13.2 Å². The Kier molecular flexibility index (Phi) is 14.0.